The van der Waals surface area contributed by atoms with Crippen LogP contribution >= 0.6 is 117 Å². The summed E-state index contributed by atoms with van der Waals surface area (Å²) < 4.78 is 0.0488. The maximum absolute atomic E-state index is 13.6. The number of amides is 4. The number of hydrogen-bond donors (Lipinski definition) is 10. The van der Waals surface area contributed by atoms with Gasteiger partial charge in [0.1, 0.15) is 45.0 Å². The van der Waals surface area contributed by atoms with Crippen molar-refractivity contribution in [2.45, 2.75) is 21.8 Å². The molecule has 2 aromatic carbocycles. The van der Waals surface area contributed by atoms with E-state index in [-0.39, 0.29) is 133 Å². The SMILES string of the molecule is Nc1nc(/C(=N/OCC(=O)O)C(=O)N[C@]2(C=S)C(=O)N3C(C(=O)O)=C(c4cc(=O)c5cc(O)c([O-])c(Cl)c5s4)CS[C@H]32)cs1.Nc1nc(/C(=N/OCC(=O)O)C(=O)N[C@]2(C=S)C(=O)N3C(C(=O)O)=C(c4cc(=O)c5cc(O)c([O-])c(Cl)c5s4)CS[C@H]32)cs1.[Na+].[Na+]. The van der Waals surface area contributed by atoms with Crippen LogP contribution in [0, 0.1) is 0 Å². The second kappa shape index (κ2) is 28.1. The van der Waals surface area contributed by atoms with Crippen LogP contribution in [0.5, 0.6) is 23.0 Å². The van der Waals surface area contributed by atoms with Crippen LogP contribution < -0.4 is 102 Å². The number of thiazole rings is 2. The van der Waals surface area contributed by atoms with Gasteiger partial charge in [0, 0.05) is 76.8 Å². The number of carboxylic acids is 4. The standard InChI is InChI=1S/2C24H16ClN5O10S4.2Na/c2*25-14-17(35)11(32)1-7-10(31)2-12(44-18(7)14)8-4-42-22-24(6-41,21(39)30(22)16(8)20(37)38)28-19(36)15(29-40-3-13(33)34)9-5-43-23(26)27-9;;/h2*1-2,5-6,22,32,35H,3-4H2,(H2,26,27)(H,28,36)(H,33,34)(H,37,38);;/q;;2*+1/p-2/b2*29-15-;;/t2*22-,24+;;/m00../s1. The van der Waals surface area contributed by atoms with E-state index in [0.29, 0.717) is 0 Å². The Balaban J connectivity index is 0.000000250. The maximum atomic E-state index is 13.6. The molecule has 42 heteroatoms. The average Bonchev–Trinajstić information content (AvgIpc) is 0.894. The van der Waals surface area contributed by atoms with Crippen LogP contribution in [-0.4, -0.2) is 167 Å². The molecule has 4 aromatic heterocycles. The zero-order chi connectivity index (χ0) is 64.2. The number of β-lactam (4-membered cyclic amide) rings is 2. The first kappa shape index (κ1) is 70.9. The third kappa shape index (κ3) is 13.0. The monoisotopic (exact) mass is 1440 g/mol. The van der Waals surface area contributed by atoms with Crippen molar-refractivity contribution in [3.05, 3.63) is 98.1 Å². The Morgan fingerprint density at radius 1 is 0.667 bits per heavy atom. The zero-order valence-electron chi connectivity index (χ0n) is 44.9. The number of aromatic nitrogens is 2. The molecule has 0 aliphatic carbocycles. The number of carbonyl (C=O) groups excluding carboxylic acids is 4. The van der Waals surface area contributed by atoms with E-state index in [1.54, 1.807) is 0 Å². The molecular weight excluding hydrogens is 1410 g/mol. The number of carboxylic acid groups (broad SMARTS) is 4. The van der Waals surface area contributed by atoms with Crippen molar-refractivity contribution in [2.24, 2.45) is 10.3 Å². The number of thioether (sulfide) groups is 2. The number of fused-ring (bicyclic) bond motifs is 4. The molecule has 4 amide bonds. The Labute approximate surface area is 589 Å². The molecule has 0 radical (unpaired) electrons. The van der Waals surface area contributed by atoms with Gasteiger partial charge in [0.2, 0.25) is 13.2 Å². The zero-order valence-corrected chi connectivity index (χ0v) is 56.9. The fraction of sp³-hybridized carbons (Fsp3) is 0.167. The quantitative estimate of drug-likeness (QED) is 0.0128. The van der Waals surface area contributed by atoms with Gasteiger partial charge in [-0.1, -0.05) is 57.9 Å². The molecule has 6 aromatic rings. The number of nitrogens with one attached hydrogen (secondary N) is 2. The molecule has 4 aliphatic rings. The second-order valence-electron chi connectivity index (χ2n) is 18.0. The van der Waals surface area contributed by atoms with Gasteiger partial charge in [-0.05, 0) is 23.6 Å². The number of aliphatic carboxylic acids is 4. The summed E-state index contributed by atoms with van der Waals surface area (Å²) in [5, 5.41) is 95.7. The van der Waals surface area contributed by atoms with Gasteiger partial charge in [0.25, 0.3) is 23.6 Å². The molecule has 8 heterocycles. The van der Waals surface area contributed by atoms with E-state index >= 15 is 0 Å². The summed E-state index contributed by atoms with van der Waals surface area (Å²) in [6.07, 6.45) is 0. The minimum Gasteiger partial charge on any atom is -0.869 e. The molecule has 30 nitrogen and oxygen atoms in total. The number of anilines is 2. The van der Waals surface area contributed by atoms with Gasteiger partial charge >= 0.3 is 83.0 Å². The van der Waals surface area contributed by atoms with Crippen LogP contribution in [0.3, 0.4) is 0 Å². The van der Waals surface area contributed by atoms with E-state index in [1.807, 2.05) is 0 Å². The molecule has 2 saturated heterocycles. The van der Waals surface area contributed by atoms with E-state index in [2.05, 4.69) is 30.9 Å². The number of carbonyl (C=O) groups is 8. The van der Waals surface area contributed by atoms with Gasteiger partial charge in [0.05, 0.1) is 19.4 Å². The minimum absolute atomic E-state index is 0. The van der Waals surface area contributed by atoms with E-state index in [0.717, 1.165) is 114 Å². The number of phenols is 2. The van der Waals surface area contributed by atoms with Gasteiger partial charge in [-0.15, -0.1) is 68.9 Å². The largest absolute Gasteiger partial charge is 1.00 e. The molecule has 10 rings (SSSR count). The van der Waals surface area contributed by atoms with Crippen molar-refractivity contribution in [3.8, 4) is 23.0 Å². The Morgan fingerprint density at radius 2 is 1.02 bits per heavy atom. The molecule has 456 valence electrons. The molecule has 0 spiro atoms. The summed E-state index contributed by atoms with van der Waals surface area (Å²) >= 11 is 28.1. The van der Waals surface area contributed by atoms with Crippen LogP contribution in [0.1, 0.15) is 21.1 Å². The number of nitrogens with zero attached hydrogens (tertiary/aromatic N) is 6. The number of aromatic hydroxyl groups is 2. The number of nitrogen functional groups attached to an aromatic ring is 2. The van der Waals surface area contributed by atoms with Crippen molar-refractivity contribution < 1.29 is 148 Å². The number of hydrogen-bond acceptors (Lipinski definition) is 30. The molecule has 4 aliphatic heterocycles. The van der Waals surface area contributed by atoms with Crippen molar-refractivity contribution in [1.82, 2.24) is 30.4 Å². The van der Waals surface area contributed by atoms with E-state index in [9.17, 15) is 78.6 Å². The molecule has 4 atom stereocenters. The maximum Gasteiger partial charge on any atom is 1.00 e. The minimum atomic E-state index is -1.91. The summed E-state index contributed by atoms with van der Waals surface area (Å²) in [7, 11) is 0. The Hall–Kier alpha value is -6.60. The number of benzene rings is 2. The molecule has 0 unspecified atom stereocenters. The summed E-state index contributed by atoms with van der Waals surface area (Å²) in [4.78, 5) is 146. The number of oxime groups is 2. The predicted octanol–water partition coefficient (Wildman–Crippen LogP) is -4.38. The van der Waals surface area contributed by atoms with E-state index in [4.69, 9.17) is 79.0 Å². The summed E-state index contributed by atoms with van der Waals surface area (Å²) in [6.45, 7) is -1.78. The van der Waals surface area contributed by atoms with Gasteiger partial charge in [-0.2, -0.15) is 0 Å². The van der Waals surface area contributed by atoms with E-state index < -0.39 is 149 Å². The van der Waals surface area contributed by atoms with Crippen LogP contribution in [0.4, 0.5) is 10.3 Å². The van der Waals surface area contributed by atoms with Crippen molar-refractivity contribution in [2.75, 3.05) is 36.2 Å². The smallest absolute Gasteiger partial charge is 0.869 e. The van der Waals surface area contributed by atoms with Crippen molar-refractivity contribution in [3.63, 3.8) is 0 Å². The van der Waals surface area contributed by atoms with Gasteiger partial charge in [-0.3, -0.25) is 38.6 Å². The number of rotatable bonds is 18. The van der Waals surface area contributed by atoms with Crippen molar-refractivity contribution >= 4 is 228 Å². The molecule has 12 N–H and O–H groups in total. The van der Waals surface area contributed by atoms with Crippen LogP contribution in [0.2, 0.25) is 10.0 Å². The normalized spacial score (nSPS) is 19.3. The number of thiocarbonyl (C=S) groups is 2. The molecular formula is C48H30Cl2N10Na2O20S8. The summed E-state index contributed by atoms with van der Waals surface area (Å²) in [5.74, 6) is -13.1. The van der Waals surface area contributed by atoms with Crippen molar-refractivity contribution in [1.29, 1.82) is 0 Å². The first-order valence-corrected chi connectivity index (χ1v) is 30.8. The van der Waals surface area contributed by atoms with Gasteiger partial charge < -0.3 is 72.6 Å². The third-order valence-corrected chi connectivity index (χ3v) is 20.8. The fourth-order valence-electron chi connectivity index (χ4n) is 8.78. The van der Waals surface area contributed by atoms with Crippen LogP contribution in [0.15, 0.2) is 66.3 Å². The van der Waals surface area contributed by atoms with Crippen LogP contribution in [0.25, 0.3) is 31.3 Å². The molecule has 90 heavy (non-hydrogen) atoms. The first-order valence-electron chi connectivity index (χ1n) is 23.6. The number of halogens is 2. The average molecular weight is 1440 g/mol. The Morgan fingerprint density at radius 3 is 1.32 bits per heavy atom. The fourth-order valence-corrected chi connectivity index (χ4v) is 16.6. The number of phenolic OH excluding ortho intramolecular Hbond substituents is 2. The van der Waals surface area contributed by atoms with Gasteiger partial charge in [-0.25, -0.2) is 29.1 Å². The Kier molecular flexibility index (Phi) is 22.1. The predicted molar refractivity (Wildman–Crippen MR) is 326 cm³/mol. The third-order valence-electron chi connectivity index (χ3n) is 12.7. The van der Waals surface area contributed by atoms with Gasteiger partial charge in [0.15, 0.2) is 43.6 Å². The molecule has 0 bridgehead atoms. The topological polar surface area (TPSA) is 490 Å². The summed E-state index contributed by atoms with van der Waals surface area (Å²) in [5.41, 5.74) is 4.15. The molecule has 2 fully saturated rings. The second-order valence-corrected chi connectivity index (χ2v) is 25.2. The summed E-state index contributed by atoms with van der Waals surface area (Å²) in [6, 6.07) is 4.18. The number of nitrogens with two attached hydrogens (primary N) is 2. The van der Waals surface area contributed by atoms with E-state index in [1.165, 1.54) is 10.8 Å². The molecule has 0 saturated carbocycles. The van der Waals surface area contributed by atoms with Crippen LogP contribution in [-0.2, 0) is 48.0 Å². The first-order chi connectivity index (χ1) is 41.6. The Bertz CT molecular complexity index is 4140.